The second-order valence-electron chi connectivity index (χ2n) is 4.45. The van der Waals surface area contributed by atoms with Crippen molar-refractivity contribution in [2.24, 2.45) is 0 Å². The lowest BCUT2D eigenvalue weighted by molar-refractivity contribution is 0.880. The van der Waals surface area contributed by atoms with Crippen molar-refractivity contribution in [3.8, 4) is 16.9 Å². The number of nitrogen functional groups attached to an aromatic ring is 1. The van der Waals surface area contributed by atoms with Gasteiger partial charge >= 0.3 is 0 Å². The Labute approximate surface area is 140 Å². The van der Waals surface area contributed by atoms with Gasteiger partial charge in [-0.05, 0) is 46.3 Å². The average molecular weight is 383 g/mol. The quantitative estimate of drug-likeness (QED) is 0.662. The summed E-state index contributed by atoms with van der Waals surface area (Å²) >= 11 is 15.7. The van der Waals surface area contributed by atoms with Crippen molar-refractivity contribution in [3.05, 3.63) is 63.2 Å². The van der Waals surface area contributed by atoms with Crippen molar-refractivity contribution in [1.29, 1.82) is 0 Å². The second-order valence-corrected chi connectivity index (χ2v) is 6.15. The Bertz CT molecular complexity index is 814. The molecule has 3 nitrogen and oxygen atoms in total. The molecule has 0 unspecified atom stereocenters. The smallest absolute Gasteiger partial charge is 0.117 e. The van der Waals surface area contributed by atoms with Crippen LogP contribution in [0.4, 0.5) is 5.69 Å². The summed E-state index contributed by atoms with van der Waals surface area (Å²) in [5.74, 6) is 0. The van der Waals surface area contributed by atoms with E-state index in [1.807, 2.05) is 24.3 Å². The largest absolute Gasteiger partial charge is 0.396 e. The third kappa shape index (κ3) is 2.79. The Hall–Kier alpha value is -1.49. The van der Waals surface area contributed by atoms with Crippen LogP contribution in [-0.2, 0) is 0 Å². The number of aromatic nitrogens is 2. The van der Waals surface area contributed by atoms with E-state index < -0.39 is 0 Å². The predicted molar refractivity (Wildman–Crippen MR) is 91.1 cm³/mol. The van der Waals surface area contributed by atoms with E-state index in [-0.39, 0.29) is 0 Å². The Balaban J connectivity index is 2.15. The molecule has 0 aliphatic heterocycles. The topological polar surface area (TPSA) is 43.8 Å². The number of halogens is 3. The Kier molecular flexibility index (Phi) is 3.93. The van der Waals surface area contributed by atoms with Crippen LogP contribution in [-0.4, -0.2) is 9.78 Å². The lowest BCUT2D eigenvalue weighted by atomic mass is 10.1. The summed E-state index contributed by atoms with van der Waals surface area (Å²) in [6, 6.07) is 13.0. The zero-order valence-corrected chi connectivity index (χ0v) is 13.8. The van der Waals surface area contributed by atoms with Gasteiger partial charge in [0.2, 0.25) is 0 Å². The first-order valence-corrected chi connectivity index (χ1v) is 7.66. The molecule has 2 aromatic carbocycles. The lowest BCUT2D eigenvalue weighted by Gasteiger charge is -2.04. The summed E-state index contributed by atoms with van der Waals surface area (Å²) in [6.45, 7) is 0. The number of hydrogen-bond acceptors (Lipinski definition) is 2. The van der Waals surface area contributed by atoms with Gasteiger partial charge in [0.25, 0.3) is 0 Å². The molecule has 0 atom stereocenters. The van der Waals surface area contributed by atoms with Crippen molar-refractivity contribution in [1.82, 2.24) is 9.78 Å². The molecule has 21 heavy (non-hydrogen) atoms. The number of benzene rings is 2. The summed E-state index contributed by atoms with van der Waals surface area (Å²) in [4.78, 5) is 0. The average Bonchev–Trinajstić information content (AvgIpc) is 2.84. The Morgan fingerprint density at radius 2 is 1.86 bits per heavy atom. The normalized spacial score (nSPS) is 10.8. The minimum absolute atomic E-state index is 0.537. The van der Waals surface area contributed by atoms with Crippen molar-refractivity contribution in [3.63, 3.8) is 0 Å². The molecule has 0 spiro atoms. The van der Waals surface area contributed by atoms with Crippen molar-refractivity contribution < 1.29 is 0 Å². The summed E-state index contributed by atoms with van der Waals surface area (Å²) in [6.07, 6.45) is 1.76. The number of nitrogens with two attached hydrogens (primary N) is 1. The first-order chi connectivity index (χ1) is 10.1. The van der Waals surface area contributed by atoms with Gasteiger partial charge in [-0.15, -0.1) is 0 Å². The molecule has 0 saturated heterocycles. The molecule has 0 aliphatic rings. The highest BCUT2D eigenvalue weighted by atomic mass is 79.9. The van der Waals surface area contributed by atoms with Gasteiger partial charge in [-0.1, -0.05) is 35.3 Å². The Morgan fingerprint density at radius 3 is 2.62 bits per heavy atom. The van der Waals surface area contributed by atoms with Gasteiger partial charge in [-0.3, -0.25) is 0 Å². The molecule has 106 valence electrons. The van der Waals surface area contributed by atoms with E-state index in [9.17, 15) is 0 Å². The van der Waals surface area contributed by atoms with Crippen molar-refractivity contribution in [2.75, 3.05) is 5.73 Å². The van der Waals surface area contributed by atoms with Crippen molar-refractivity contribution >= 4 is 44.8 Å². The molecule has 0 saturated carbocycles. The first kappa shape index (κ1) is 14.4. The second kappa shape index (κ2) is 5.72. The maximum Gasteiger partial charge on any atom is 0.117 e. The number of hydrogen-bond donors (Lipinski definition) is 1. The third-order valence-electron chi connectivity index (χ3n) is 3.03. The van der Waals surface area contributed by atoms with Crippen molar-refractivity contribution in [2.45, 2.75) is 0 Å². The van der Waals surface area contributed by atoms with Gasteiger partial charge < -0.3 is 5.73 Å². The fraction of sp³-hybridized carbons (Fsp3) is 0. The van der Waals surface area contributed by atoms with E-state index >= 15 is 0 Å². The monoisotopic (exact) mass is 381 g/mol. The van der Waals surface area contributed by atoms with Gasteiger partial charge in [0.05, 0.1) is 22.6 Å². The van der Waals surface area contributed by atoms with E-state index in [2.05, 4.69) is 21.0 Å². The first-order valence-electron chi connectivity index (χ1n) is 6.12. The highest BCUT2D eigenvalue weighted by molar-refractivity contribution is 9.10. The van der Waals surface area contributed by atoms with Crippen LogP contribution in [0.25, 0.3) is 16.9 Å². The molecule has 3 aromatic rings. The van der Waals surface area contributed by atoms with Crippen LogP contribution in [0, 0.1) is 0 Å². The molecule has 0 bridgehead atoms. The fourth-order valence-electron chi connectivity index (χ4n) is 2.04. The molecule has 2 N–H and O–H groups in total. The summed E-state index contributed by atoms with van der Waals surface area (Å²) in [5.41, 5.74) is 8.84. The molecule has 0 aliphatic carbocycles. The molecule has 0 fully saturated rings. The molecule has 1 aromatic heterocycles. The highest BCUT2D eigenvalue weighted by Gasteiger charge is 2.14. The molecular formula is C15H10BrCl2N3. The van der Waals surface area contributed by atoms with Gasteiger partial charge in [-0.25, -0.2) is 4.68 Å². The SMILES string of the molecule is Nc1cn(-c2ccccc2Br)nc1-c1cc(Cl)ccc1Cl. The lowest BCUT2D eigenvalue weighted by Crippen LogP contribution is -1.95. The van der Waals surface area contributed by atoms with Crippen LogP contribution in [0.5, 0.6) is 0 Å². The zero-order valence-electron chi connectivity index (χ0n) is 10.7. The van der Waals surface area contributed by atoms with E-state index in [1.165, 1.54) is 0 Å². The number of rotatable bonds is 2. The molecule has 0 amide bonds. The van der Waals surface area contributed by atoms with Crippen LogP contribution >= 0.6 is 39.1 Å². The minimum Gasteiger partial charge on any atom is -0.396 e. The maximum atomic E-state index is 6.22. The maximum absolute atomic E-state index is 6.22. The standard InChI is InChI=1S/C15H10BrCl2N3/c16-11-3-1-2-4-14(11)21-8-13(19)15(20-21)10-7-9(17)5-6-12(10)18/h1-8H,19H2. The van der Waals surface area contributed by atoms with E-state index in [4.69, 9.17) is 28.9 Å². The third-order valence-corrected chi connectivity index (χ3v) is 4.26. The van der Waals surface area contributed by atoms with E-state index in [0.717, 1.165) is 10.2 Å². The molecule has 3 rings (SSSR count). The van der Waals surface area contributed by atoms with Gasteiger partial charge in [0.1, 0.15) is 5.69 Å². The van der Waals surface area contributed by atoms with Crippen LogP contribution in [0.3, 0.4) is 0 Å². The molecule has 0 radical (unpaired) electrons. The molecular weight excluding hydrogens is 373 g/mol. The van der Waals surface area contributed by atoms with Gasteiger partial charge in [-0.2, -0.15) is 5.10 Å². The fourth-order valence-corrected chi connectivity index (χ4v) is 2.88. The summed E-state index contributed by atoms with van der Waals surface area (Å²) in [7, 11) is 0. The number of nitrogens with zero attached hydrogens (tertiary/aromatic N) is 2. The van der Waals surface area contributed by atoms with Gasteiger partial charge in [0.15, 0.2) is 0 Å². The summed E-state index contributed by atoms with van der Waals surface area (Å²) < 4.78 is 2.64. The molecule has 6 heteroatoms. The summed E-state index contributed by atoms with van der Waals surface area (Å²) in [5, 5.41) is 5.68. The number of para-hydroxylation sites is 1. The Morgan fingerprint density at radius 1 is 1.10 bits per heavy atom. The van der Waals surface area contributed by atoms with E-state index in [0.29, 0.717) is 27.0 Å². The van der Waals surface area contributed by atoms with Crippen LogP contribution in [0.1, 0.15) is 0 Å². The van der Waals surface area contributed by atoms with Crippen LogP contribution < -0.4 is 5.73 Å². The van der Waals surface area contributed by atoms with Crippen LogP contribution in [0.2, 0.25) is 10.0 Å². The minimum atomic E-state index is 0.537. The highest BCUT2D eigenvalue weighted by Crippen LogP contribution is 2.34. The predicted octanol–water partition coefficient (Wildman–Crippen LogP) is 5.19. The molecule has 1 heterocycles. The zero-order chi connectivity index (χ0) is 15.0. The number of anilines is 1. The van der Waals surface area contributed by atoms with E-state index in [1.54, 1.807) is 29.1 Å². The van der Waals surface area contributed by atoms with Crippen LogP contribution in [0.15, 0.2) is 53.1 Å². The van der Waals surface area contributed by atoms with Gasteiger partial charge in [0, 0.05) is 15.1 Å².